The summed E-state index contributed by atoms with van der Waals surface area (Å²) < 4.78 is 5.19. The molecule has 1 aromatic rings. The van der Waals surface area contributed by atoms with Crippen LogP contribution in [0.5, 0.6) is 0 Å². The van der Waals surface area contributed by atoms with Crippen LogP contribution < -0.4 is 0 Å². The van der Waals surface area contributed by atoms with Crippen LogP contribution in [0.1, 0.15) is 30.6 Å². The van der Waals surface area contributed by atoms with E-state index < -0.39 is 6.10 Å². The molecule has 0 aliphatic heterocycles. The fourth-order valence-electron chi connectivity index (χ4n) is 1.32. The van der Waals surface area contributed by atoms with E-state index in [1.165, 1.54) is 0 Å². The Bertz CT molecular complexity index is 312. The second-order valence-corrected chi connectivity index (χ2v) is 3.92. The van der Waals surface area contributed by atoms with Crippen molar-refractivity contribution in [3.8, 4) is 0 Å². The molecule has 0 saturated carbocycles. The Morgan fingerprint density at radius 1 is 1.47 bits per heavy atom. The summed E-state index contributed by atoms with van der Waals surface area (Å²) in [6, 6.07) is 5.63. The lowest BCUT2D eigenvalue weighted by Crippen LogP contribution is -2.03. The molecule has 1 aromatic carbocycles. The monoisotopic (exact) mass is 228 g/mol. The van der Waals surface area contributed by atoms with E-state index in [0.29, 0.717) is 24.7 Å². The molecule has 0 saturated heterocycles. The normalized spacial score (nSPS) is 12.8. The summed E-state index contributed by atoms with van der Waals surface area (Å²) in [7, 11) is 0. The van der Waals surface area contributed by atoms with E-state index in [-0.39, 0.29) is 0 Å². The Kier molecular flexibility index (Phi) is 5.09. The molecule has 3 heteroatoms. The van der Waals surface area contributed by atoms with Crippen LogP contribution in [0.2, 0.25) is 5.02 Å². The Hall–Kier alpha value is -0.570. The number of rotatable bonds is 5. The van der Waals surface area contributed by atoms with Gasteiger partial charge < -0.3 is 9.84 Å². The first-order valence-electron chi connectivity index (χ1n) is 5.17. The van der Waals surface area contributed by atoms with Gasteiger partial charge in [-0.1, -0.05) is 23.7 Å². The van der Waals surface area contributed by atoms with Crippen molar-refractivity contribution >= 4 is 11.6 Å². The second kappa shape index (κ2) is 6.11. The van der Waals surface area contributed by atoms with Crippen LogP contribution >= 0.6 is 11.6 Å². The van der Waals surface area contributed by atoms with Crippen LogP contribution in [-0.2, 0) is 4.74 Å². The topological polar surface area (TPSA) is 29.5 Å². The van der Waals surface area contributed by atoms with E-state index in [1.807, 2.05) is 32.0 Å². The maximum absolute atomic E-state index is 9.82. The van der Waals surface area contributed by atoms with Crippen molar-refractivity contribution < 1.29 is 9.84 Å². The maximum Gasteiger partial charge on any atom is 0.0812 e. The van der Waals surface area contributed by atoms with Crippen LogP contribution in [0.3, 0.4) is 0 Å². The highest BCUT2D eigenvalue weighted by molar-refractivity contribution is 6.31. The zero-order valence-electron chi connectivity index (χ0n) is 9.16. The number of benzene rings is 1. The van der Waals surface area contributed by atoms with Gasteiger partial charge in [0.25, 0.3) is 0 Å². The Morgan fingerprint density at radius 3 is 2.80 bits per heavy atom. The van der Waals surface area contributed by atoms with E-state index in [4.69, 9.17) is 16.3 Å². The third-order valence-corrected chi connectivity index (χ3v) is 2.73. The van der Waals surface area contributed by atoms with Crippen molar-refractivity contribution in [3.05, 3.63) is 34.3 Å². The summed E-state index contributed by atoms with van der Waals surface area (Å²) in [6.07, 6.45) is 0.113. The number of hydrogen-bond acceptors (Lipinski definition) is 2. The molecule has 0 aromatic heterocycles. The number of halogens is 1. The van der Waals surface area contributed by atoms with Crippen molar-refractivity contribution in [2.24, 2.45) is 0 Å². The van der Waals surface area contributed by atoms with E-state index in [9.17, 15) is 5.11 Å². The number of aliphatic hydroxyl groups is 1. The van der Waals surface area contributed by atoms with Crippen LogP contribution in [0.15, 0.2) is 18.2 Å². The molecule has 1 unspecified atom stereocenters. The standard InChI is InChI=1S/C12H17ClO2/c1-3-15-7-6-12(14)10-5-4-9(2)11(13)8-10/h4-5,8,12,14H,3,6-7H2,1-2H3. The molecular weight excluding hydrogens is 212 g/mol. The van der Waals surface area contributed by atoms with Gasteiger partial charge in [-0.05, 0) is 31.0 Å². The predicted octanol–water partition coefficient (Wildman–Crippen LogP) is 3.11. The van der Waals surface area contributed by atoms with Crippen molar-refractivity contribution in [3.63, 3.8) is 0 Å². The number of hydrogen-bond donors (Lipinski definition) is 1. The van der Waals surface area contributed by atoms with Crippen molar-refractivity contribution in [1.82, 2.24) is 0 Å². The summed E-state index contributed by atoms with van der Waals surface area (Å²) in [5.74, 6) is 0. The fourth-order valence-corrected chi connectivity index (χ4v) is 1.51. The SMILES string of the molecule is CCOCCC(O)c1ccc(C)c(Cl)c1. The van der Waals surface area contributed by atoms with Gasteiger partial charge in [0.15, 0.2) is 0 Å². The van der Waals surface area contributed by atoms with Crippen molar-refractivity contribution in [1.29, 1.82) is 0 Å². The van der Waals surface area contributed by atoms with E-state index >= 15 is 0 Å². The van der Waals surface area contributed by atoms with Crippen LogP contribution in [0, 0.1) is 6.92 Å². The van der Waals surface area contributed by atoms with Crippen LogP contribution in [0.25, 0.3) is 0 Å². The van der Waals surface area contributed by atoms with E-state index in [1.54, 1.807) is 0 Å². The molecule has 0 amide bonds. The van der Waals surface area contributed by atoms with Crippen molar-refractivity contribution in [2.75, 3.05) is 13.2 Å². The zero-order valence-corrected chi connectivity index (χ0v) is 9.92. The molecule has 1 N–H and O–H groups in total. The third-order valence-electron chi connectivity index (χ3n) is 2.32. The minimum atomic E-state index is -0.491. The highest BCUT2D eigenvalue weighted by Gasteiger charge is 2.08. The van der Waals surface area contributed by atoms with Gasteiger partial charge in [-0.15, -0.1) is 0 Å². The lowest BCUT2D eigenvalue weighted by Gasteiger charge is -2.11. The largest absolute Gasteiger partial charge is 0.388 e. The molecule has 0 radical (unpaired) electrons. The summed E-state index contributed by atoms with van der Waals surface area (Å²) >= 11 is 5.98. The van der Waals surface area contributed by atoms with Gasteiger partial charge in [-0.25, -0.2) is 0 Å². The van der Waals surface area contributed by atoms with Gasteiger partial charge in [-0.3, -0.25) is 0 Å². The Morgan fingerprint density at radius 2 is 2.20 bits per heavy atom. The minimum absolute atomic E-state index is 0.491. The molecule has 0 heterocycles. The lowest BCUT2D eigenvalue weighted by molar-refractivity contribution is 0.0886. The van der Waals surface area contributed by atoms with E-state index in [0.717, 1.165) is 11.1 Å². The van der Waals surface area contributed by atoms with Gasteiger partial charge in [0, 0.05) is 24.7 Å². The van der Waals surface area contributed by atoms with Gasteiger partial charge in [0.05, 0.1) is 6.10 Å². The van der Waals surface area contributed by atoms with E-state index in [2.05, 4.69) is 0 Å². The molecule has 1 atom stereocenters. The van der Waals surface area contributed by atoms with Gasteiger partial charge in [0.2, 0.25) is 0 Å². The zero-order chi connectivity index (χ0) is 11.3. The van der Waals surface area contributed by atoms with Crippen LogP contribution in [0.4, 0.5) is 0 Å². The second-order valence-electron chi connectivity index (χ2n) is 3.51. The number of aliphatic hydroxyl groups excluding tert-OH is 1. The molecule has 1 rings (SSSR count). The predicted molar refractivity (Wildman–Crippen MR) is 62.3 cm³/mol. The molecular formula is C12H17ClO2. The smallest absolute Gasteiger partial charge is 0.0812 e. The number of aryl methyl sites for hydroxylation is 1. The summed E-state index contributed by atoms with van der Waals surface area (Å²) in [5.41, 5.74) is 1.88. The van der Waals surface area contributed by atoms with Crippen molar-refractivity contribution in [2.45, 2.75) is 26.4 Å². The Balaban J connectivity index is 2.57. The molecule has 2 nitrogen and oxygen atoms in total. The summed E-state index contributed by atoms with van der Waals surface area (Å²) in [5, 5.41) is 10.5. The first kappa shape index (κ1) is 12.5. The fraction of sp³-hybridized carbons (Fsp3) is 0.500. The molecule has 15 heavy (non-hydrogen) atoms. The summed E-state index contributed by atoms with van der Waals surface area (Å²) in [6.45, 7) is 5.14. The van der Waals surface area contributed by atoms with Gasteiger partial charge >= 0.3 is 0 Å². The third kappa shape index (κ3) is 3.82. The minimum Gasteiger partial charge on any atom is -0.388 e. The summed E-state index contributed by atoms with van der Waals surface area (Å²) in [4.78, 5) is 0. The average molecular weight is 229 g/mol. The highest BCUT2D eigenvalue weighted by Crippen LogP contribution is 2.23. The number of ether oxygens (including phenoxy) is 1. The van der Waals surface area contributed by atoms with Gasteiger partial charge in [0.1, 0.15) is 0 Å². The average Bonchev–Trinajstić information content (AvgIpc) is 2.22. The lowest BCUT2D eigenvalue weighted by atomic mass is 10.1. The molecule has 0 aliphatic carbocycles. The molecule has 0 bridgehead atoms. The quantitative estimate of drug-likeness (QED) is 0.785. The molecule has 0 aliphatic rings. The first-order chi connectivity index (χ1) is 7.15. The maximum atomic E-state index is 9.82. The first-order valence-corrected chi connectivity index (χ1v) is 5.54. The molecule has 0 spiro atoms. The highest BCUT2D eigenvalue weighted by atomic mass is 35.5. The van der Waals surface area contributed by atoms with Crippen LogP contribution in [-0.4, -0.2) is 18.3 Å². The Labute approximate surface area is 95.8 Å². The molecule has 0 fully saturated rings. The van der Waals surface area contributed by atoms with Gasteiger partial charge in [-0.2, -0.15) is 0 Å². The molecule has 84 valence electrons.